The normalized spacial score (nSPS) is 11.2. The van der Waals surface area contributed by atoms with Gasteiger partial charge in [-0.3, -0.25) is 29.4 Å². The van der Waals surface area contributed by atoms with E-state index in [1.165, 1.54) is 25.8 Å². The highest BCUT2D eigenvalue weighted by Gasteiger charge is 2.23. The molecule has 3 heterocycles. The third-order valence-electron chi connectivity index (χ3n) is 4.97. The minimum Gasteiger partial charge on any atom is -0.468 e. The zero-order valence-corrected chi connectivity index (χ0v) is 16.6. The van der Waals surface area contributed by atoms with Gasteiger partial charge in [-0.05, 0) is 19.1 Å². The molecule has 0 radical (unpaired) electrons. The average molecular weight is 410 g/mol. The Morgan fingerprint density at radius 2 is 1.63 bits per heavy atom. The highest BCUT2D eigenvalue weighted by Crippen LogP contribution is 2.26. The zero-order chi connectivity index (χ0) is 21.7. The average Bonchev–Trinajstić information content (AvgIpc) is 2.75. The third kappa shape index (κ3) is 2.59. The Balaban J connectivity index is 2.27. The van der Waals surface area contributed by atoms with Crippen molar-refractivity contribution in [3.63, 3.8) is 0 Å². The molecule has 0 fully saturated rings. The van der Waals surface area contributed by atoms with Crippen molar-refractivity contribution in [2.45, 2.75) is 6.92 Å². The van der Waals surface area contributed by atoms with E-state index >= 15 is 0 Å². The van der Waals surface area contributed by atoms with Crippen LogP contribution in [0.1, 0.15) is 5.56 Å². The number of benzene rings is 1. The summed E-state index contributed by atoms with van der Waals surface area (Å²) in [5.41, 5.74) is 1.17. The predicted molar refractivity (Wildman–Crippen MR) is 110 cm³/mol. The largest absolute Gasteiger partial charge is 0.468 e. The maximum atomic E-state index is 13.4. The number of nitrogens with zero attached hydrogens (tertiary/aromatic N) is 5. The molecule has 3 aromatic heterocycles. The molecule has 0 spiro atoms. The van der Waals surface area contributed by atoms with Gasteiger partial charge in [0, 0.05) is 14.1 Å². The second-order valence-corrected chi connectivity index (χ2v) is 6.78. The van der Waals surface area contributed by atoms with Crippen molar-refractivity contribution in [2.75, 3.05) is 12.6 Å². The topological polar surface area (TPSA) is 133 Å². The summed E-state index contributed by atoms with van der Waals surface area (Å²) in [5.74, 6) is 0. The monoisotopic (exact) mass is 410 g/mol. The summed E-state index contributed by atoms with van der Waals surface area (Å²) in [6, 6.07) is 7.04. The smallest absolute Gasteiger partial charge is 0.332 e. The molecule has 11 heteroatoms. The second kappa shape index (κ2) is 6.81. The van der Waals surface area contributed by atoms with Gasteiger partial charge < -0.3 is 4.74 Å². The number of hydrogen-bond donors (Lipinski definition) is 2. The fraction of sp³-hybridized carbons (Fsp3) is 0.211. The Labute approximate surface area is 168 Å². The highest BCUT2D eigenvalue weighted by atomic mass is 16.5. The molecule has 0 saturated heterocycles. The van der Waals surface area contributed by atoms with Crippen LogP contribution in [-0.4, -0.2) is 36.0 Å². The zero-order valence-electron chi connectivity index (χ0n) is 16.6. The maximum Gasteiger partial charge on any atom is 0.332 e. The van der Waals surface area contributed by atoms with Gasteiger partial charge in [-0.15, -0.1) is 0 Å². The number of hydrogen-bond acceptors (Lipinski definition) is 8. The van der Waals surface area contributed by atoms with Crippen molar-refractivity contribution in [1.29, 1.82) is 0 Å². The third-order valence-corrected chi connectivity index (χ3v) is 4.97. The first-order valence-corrected chi connectivity index (χ1v) is 8.87. The quantitative estimate of drug-likeness (QED) is 0.367. The van der Waals surface area contributed by atoms with Crippen LogP contribution in [0.5, 0.6) is 6.01 Å². The van der Waals surface area contributed by atoms with E-state index in [4.69, 9.17) is 4.74 Å². The fourth-order valence-electron chi connectivity index (χ4n) is 3.37. The molecule has 11 nitrogen and oxygen atoms in total. The first-order chi connectivity index (χ1) is 14.3. The summed E-state index contributed by atoms with van der Waals surface area (Å²) in [5, 5.41) is 9.60. The Morgan fingerprint density at radius 1 is 0.967 bits per heavy atom. The number of fused-ring (bicyclic) bond motifs is 2. The Bertz CT molecular complexity index is 1500. The van der Waals surface area contributed by atoms with Gasteiger partial charge in [0.2, 0.25) is 0 Å². The van der Waals surface area contributed by atoms with E-state index < -0.39 is 16.8 Å². The minimum absolute atomic E-state index is 0.0332. The van der Waals surface area contributed by atoms with Crippen LogP contribution in [0.15, 0.2) is 38.6 Å². The maximum absolute atomic E-state index is 13.4. The summed E-state index contributed by atoms with van der Waals surface area (Å²) in [4.78, 5) is 47.0. The van der Waals surface area contributed by atoms with Crippen LogP contribution in [-0.2, 0) is 14.1 Å². The lowest BCUT2D eigenvalue weighted by Gasteiger charge is -2.15. The van der Waals surface area contributed by atoms with Crippen LogP contribution in [0, 0.1) is 6.92 Å². The van der Waals surface area contributed by atoms with Crippen molar-refractivity contribution in [3.05, 3.63) is 61.0 Å². The van der Waals surface area contributed by atoms with E-state index in [2.05, 4.69) is 9.97 Å². The molecule has 0 unspecified atom stereocenters. The Kier molecular flexibility index (Phi) is 4.39. The first kappa shape index (κ1) is 19.3. The molecular formula is C19H18N6O5. The van der Waals surface area contributed by atoms with Crippen molar-refractivity contribution < 1.29 is 9.94 Å². The van der Waals surface area contributed by atoms with Crippen molar-refractivity contribution >= 4 is 27.8 Å². The number of aryl methyl sites for hydroxylation is 2. The first-order valence-electron chi connectivity index (χ1n) is 8.87. The highest BCUT2D eigenvalue weighted by molar-refractivity contribution is 6.04. The summed E-state index contributed by atoms with van der Waals surface area (Å²) in [6.45, 7) is 1.91. The van der Waals surface area contributed by atoms with E-state index in [1.807, 2.05) is 24.5 Å². The van der Waals surface area contributed by atoms with Gasteiger partial charge >= 0.3 is 11.7 Å². The lowest BCUT2D eigenvalue weighted by molar-refractivity contribution is 0.367. The SMILES string of the molecule is COc1nc2nc3c(c(NO)c2c(=O)n1-c1ccc(C)cc1)c(=O)n(C)c(=O)n3C. The van der Waals surface area contributed by atoms with Gasteiger partial charge in [0.15, 0.2) is 11.3 Å². The summed E-state index contributed by atoms with van der Waals surface area (Å²) in [6.07, 6.45) is 0. The van der Waals surface area contributed by atoms with Crippen molar-refractivity contribution in [2.24, 2.45) is 14.1 Å². The Hall–Kier alpha value is -3.99. The van der Waals surface area contributed by atoms with E-state index in [1.54, 1.807) is 12.1 Å². The molecule has 2 N–H and O–H groups in total. The van der Waals surface area contributed by atoms with Crippen LogP contribution >= 0.6 is 0 Å². The van der Waals surface area contributed by atoms with Gasteiger partial charge in [0.05, 0.1) is 18.5 Å². The molecular weight excluding hydrogens is 392 g/mol. The molecule has 0 atom stereocenters. The van der Waals surface area contributed by atoms with Crippen LogP contribution in [0.2, 0.25) is 0 Å². The number of nitrogens with one attached hydrogen (secondary N) is 1. The minimum atomic E-state index is -0.712. The number of ether oxygens (including phenoxy) is 1. The summed E-state index contributed by atoms with van der Waals surface area (Å²) in [7, 11) is 4.08. The lowest BCUT2D eigenvalue weighted by atomic mass is 10.2. The van der Waals surface area contributed by atoms with Gasteiger partial charge in [0.1, 0.15) is 10.8 Å². The molecule has 30 heavy (non-hydrogen) atoms. The molecule has 0 saturated carbocycles. The van der Waals surface area contributed by atoms with Gasteiger partial charge in [-0.25, -0.2) is 14.3 Å². The molecule has 0 bridgehead atoms. The predicted octanol–water partition coefficient (Wildman–Crippen LogP) is 0.449. The second-order valence-electron chi connectivity index (χ2n) is 6.78. The summed E-state index contributed by atoms with van der Waals surface area (Å²) < 4.78 is 8.51. The molecule has 1 aromatic carbocycles. The molecule has 0 aliphatic rings. The number of aromatic nitrogens is 5. The lowest BCUT2D eigenvalue weighted by Crippen LogP contribution is -2.38. The van der Waals surface area contributed by atoms with E-state index in [-0.39, 0.29) is 33.8 Å². The van der Waals surface area contributed by atoms with Crippen LogP contribution in [0.4, 0.5) is 5.69 Å². The van der Waals surface area contributed by atoms with Crippen LogP contribution in [0.25, 0.3) is 27.8 Å². The standard InChI is InChI=1S/C19H18N6O5/c1-9-5-7-10(8-6-9)25-17(27)11-13(22-29)12-15(20-14(11)21-18(25)30-4)23(2)19(28)24(3)16(12)26/h5-8,29H,1-4H3,(H,20,22). The molecule has 0 aliphatic carbocycles. The number of methoxy groups -OCH3 is 1. The molecule has 0 aliphatic heterocycles. The molecule has 4 rings (SSSR count). The van der Waals surface area contributed by atoms with E-state index in [9.17, 15) is 19.6 Å². The molecule has 4 aromatic rings. The summed E-state index contributed by atoms with van der Waals surface area (Å²) >= 11 is 0. The van der Waals surface area contributed by atoms with Crippen LogP contribution in [0.3, 0.4) is 0 Å². The van der Waals surface area contributed by atoms with Gasteiger partial charge in [0.25, 0.3) is 11.1 Å². The van der Waals surface area contributed by atoms with Gasteiger partial charge in [-0.2, -0.15) is 4.98 Å². The molecule has 154 valence electrons. The van der Waals surface area contributed by atoms with Gasteiger partial charge in [-0.1, -0.05) is 17.7 Å². The number of anilines is 1. The van der Waals surface area contributed by atoms with E-state index in [0.29, 0.717) is 5.69 Å². The van der Waals surface area contributed by atoms with Crippen molar-refractivity contribution in [1.82, 2.24) is 23.7 Å². The number of pyridine rings is 1. The number of rotatable bonds is 3. The Morgan fingerprint density at radius 3 is 2.23 bits per heavy atom. The van der Waals surface area contributed by atoms with Crippen molar-refractivity contribution in [3.8, 4) is 11.7 Å². The molecule has 0 amide bonds. The van der Waals surface area contributed by atoms with Crippen LogP contribution < -0.4 is 27.0 Å². The fourth-order valence-corrected chi connectivity index (χ4v) is 3.37. The van der Waals surface area contributed by atoms with E-state index in [0.717, 1.165) is 14.7 Å².